The van der Waals surface area contributed by atoms with Crippen molar-refractivity contribution in [2.75, 3.05) is 31.2 Å². The molecule has 3 rings (SSSR count). The van der Waals surface area contributed by atoms with Crippen LogP contribution in [0.3, 0.4) is 0 Å². The normalized spacial score (nSPS) is 14.7. The highest BCUT2D eigenvalue weighted by Crippen LogP contribution is 2.15. The van der Waals surface area contributed by atoms with E-state index in [4.69, 9.17) is 9.15 Å². The molecule has 1 aliphatic rings. The van der Waals surface area contributed by atoms with Gasteiger partial charge in [-0.1, -0.05) is 0 Å². The van der Waals surface area contributed by atoms with Crippen molar-refractivity contribution in [2.24, 2.45) is 0 Å². The molecule has 128 valence electrons. The van der Waals surface area contributed by atoms with Gasteiger partial charge in [0, 0.05) is 24.8 Å². The van der Waals surface area contributed by atoms with Gasteiger partial charge in [-0.2, -0.15) is 0 Å². The molecule has 1 aliphatic heterocycles. The average Bonchev–Trinajstić information content (AvgIpc) is 2.91. The van der Waals surface area contributed by atoms with E-state index in [1.165, 1.54) is 0 Å². The van der Waals surface area contributed by atoms with Crippen LogP contribution >= 0.6 is 0 Å². The van der Waals surface area contributed by atoms with Gasteiger partial charge in [-0.05, 0) is 26.8 Å². The van der Waals surface area contributed by atoms with Gasteiger partial charge in [0.25, 0.3) is 5.91 Å². The van der Waals surface area contributed by atoms with Gasteiger partial charge >= 0.3 is 0 Å². The van der Waals surface area contributed by atoms with E-state index in [1.54, 1.807) is 13.0 Å². The average molecular weight is 330 g/mol. The van der Waals surface area contributed by atoms with Crippen LogP contribution in [0.25, 0.3) is 0 Å². The van der Waals surface area contributed by atoms with Gasteiger partial charge in [-0.15, -0.1) is 0 Å². The lowest BCUT2D eigenvalue weighted by Gasteiger charge is -2.28. The monoisotopic (exact) mass is 330 g/mol. The van der Waals surface area contributed by atoms with Crippen LogP contribution in [0.15, 0.2) is 16.5 Å². The summed E-state index contributed by atoms with van der Waals surface area (Å²) in [7, 11) is 0. The second kappa shape index (κ2) is 7.00. The van der Waals surface area contributed by atoms with Crippen LogP contribution in [0, 0.1) is 20.8 Å². The summed E-state index contributed by atoms with van der Waals surface area (Å²) < 4.78 is 10.8. The number of anilines is 1. The lowest BCUT2D eigenvalue weighted by atomic mass is 10.2. The van der Waals surface area contributed by atoms with Crippen molar-refractivity contribution < 1.29 is 13.9 Å². The highest BCUT2D eigenvalue weighted by Gasteiger charge is 2.16. The maximum Gasteiger partial charge on any atom is 0.255 e. The minimum atomic E-state index is -0.178. The number of nitrogens with zero attached hydrogens (tertiary/aromatic N) is 3. The van der Waals surface area contributed by atoms with Gasteiger partial charge in [0.2, 0.25) is 0 Å². The fourth-order valence-electron chi connectivity index (χ4n) is 2.76. The summed E-state index contributed by atoms with van der Waals surface area (Å²) in [6, 6.07) is 3.70. The van der Waals surface area contributed by atoms with Gasteiger partial charge in [0.15, 0.2) is 0 Å². The minimum absolute atomic E-state index is 0.178. The Labute approximate surface area is 141 Å². The Morgan fingerprint density at radius 1 is 1.21 bits per heavy atom. The summed E-state index contributed by atoms with van der Waals surface area (Å²) in [5.41, 5.74) is 1.43. The first-order valence-electron chi connectivity index (χ1n) is 8.05. The van der Waals surface area contributed by atoms with Crippen molar-refractivity contribution in [3.05, 3.63) is 40.7 Å². The Morgan fingerprint density at radius 3 is 2.62 bits per heavy atom. The lowest BCUT2D eigenvalue weighted by molar-refractivity contribution is 0.0948. The smallest absolute Gasteiger partial charge is 0.255 e. The molecule has 1 amide bonds. The van der Waals surface area contributed by atoms with E-state index < -0.39 is 0 Å². The number of rotatable bonds is 4. The number of aromatic nitrogens is 2. The molecule has 1 N–H and O–H groups in total. The van der Waals surface area contributed by atoms with Crippen LogP contribution in [-0.4, -0.2) is 42.2 Å². The molecule has 7 nitrogen and oxygen atoms in total. The van der Waals surface area contributed by atoms with Crippen LogP contribution in [0.1, 0.15) is 33.4 Å². The molecule has 0 aromatic carbocycles. The first-order valence-corrected chi connectivity index (χ1v) is 8.05. The summed E-state index contributed by atoms with van der Waals surface area (Å²) in [6.07, 6.45) is 0. The predicted molar refractivity (Wildman–Crippen MR) is 89.2 cm³/mol. The molecule has 0 aliphatic carbocycles. The maximum atomic E-state index is 12.3. The molecule has 0 radical (unpaired) electrons. The molecule has 1 fully saturated rings. The number of furan rings is 1. The van der Waals surface area contributed by atoms with E-state index in [-0.39, 0.29) is 12.5 Å². The predicted octanol–water partition coefficient (Wildman–Crippen LogP) is 1.76. The van der Waals surface area contributed by atoms with Gasteiger partial charge < -0.3 is 19.4 Å². The number of hydrogen-bond donors (Lipinski definition) is 1. The molecule has 2 aromatic rings. The second-order valence-corrected chi connectivity index (χ2v) is 5.89. The number of nitrogens with one attached hydrogen (secondary N) is 1. The number of hydrogen-bond acceptors (Lipinski definition) is 6. The summed E-state index contributed by atoms with van der Waals surface area (Å²) >= 11 is 0. The fraction of sp³-hybridized carbons (Fsp3) is 0.471. The molecule has 1 saturated heterocycles. The Balaban J connectivity index is 1.69. The molecule has 3 heterocycles. The van der Waals surface area contributed by atoms with Crippen molar-refractivity contribution in [1.29, 1.82) is 0 Å². The van der Waals surface area contributed by atoms with Crippen molar-refractivity contribution in [3.63, 3.8) is 0 Å². The SMILES string of the molecule is Cc1cc(N2CCOCC2)nc(CNC(=O)c2cc(C)oc2C)n1. The van der Waals surface area contributed by atoms with Crippen LogP contribution in [0.5, 0.6) is 0 Å². The Kier molecular flexibility index (Phi) is 4.80. The first kappa shape index (κ1) is 16.4. The summed E-state index contributed by atoms with van der Waals surface area (Å²) in [6.45, 7) is 8.85. The summed E-state index contributed by atoms with van der Waals surface area (Å²) in [4.78, 5) is 23.4. The van der Waals surface area contributed by atoms with Crippen molar-refractivity contribution in [3.8, 4) is 0 Å². The molecular formula is C17H22N4O3. The number of carbonyl (C=O) groups excluding carboxylic acids is 1. The third-order valence-corrected chi connectivity index (χ3v) is 3.91. The van der Waals surface area contributed by atoms with Crippen molar-refractivity contribution in [1.82, 2.24) is 15.3 Å². The molecule has 0 bridgehead atoms. The molecule has 24 heavy (non-hydrogen) atoms. The van der Waals surface area contributed by atoms with E-state index in [0.29, 0.717) is 30.4 Å². The zero-order valence-electron chi connectivity index (χ0n) is 14.3. The third kappa shape index (κ3) is 3.73. The molecule has 2 aromatic heterocycles. The number of ether oxygens (including phenoxy) is 1. The quantitative estimate of drug-likeness (QED) is 0.920. The molecular weight excluding hydrogens is 308 g/mol. The minimum Gasteiger partial charge on any atom is -0.466 e. The fourth-order valence-corrected chi connectivity index (χ4v) is 2.76. The second-order valence-electron chi connectivity index (χ2n) is 5.89. The number of aryl methyl sites for hydroxylation is 3. The van der Waals surface area contributed by atoms with Crippen LogP contribution in [-0.2, 0) is 11.3 Å². The summed E-state index contributed by atoms with van der Waals surface area (Å²) in [5, 5.41) is 2.86. The number of morpholine rings is 1. The zero-order valence-corrected chi connectivity index (χ0v) is 14.3. The largest absolute Gasteiger partial charge is 0.466 e. The molecule has 0 unspecified atom stereocenters. The Morgan fingerprint density at radius 2 is 1.96 bits per heavy atom. The molecule has 0 atom stereocenters. The lowest BCUT2D eigenvalue weighted by Crippen LogP contribution is -2.37. The third-order valence-electron chi connectivity index (χ3n) is 3.91. The standard InChI is InChI=1S/C17H22N4O3/c1-11-8-16(21-4-6-23-7-5-21)20-15(19-11)10-18-17(22)14-9-12(2)24-13(14)3/h8-9H,4-7,10H2,1-3H3,(H,18,22). The Bertz CT molecular complexity index is 735. The van der Waals surface area contributed by atoms with E-state index in [2.05, 4.69) is 20.2 Å². The Hall–Kier alpha value is -2.41. The van der Waals surface area contributed by atoms with Crippen LogP contribution in [0.2, 0.25) is 0 Å². The molecule has 0 saturated carbocycles. The van der Waals surface area contributed by atoms with Gasteiger partial charge in [-0.25, -0.2) is 9.97 Å². The highest BCUT2D eigenvalue weighted by atomic mass is 16.5. The zero-order chi connectivity index (χ0) is 17.1. The van der Waals surface area contributed by atoms with E-state index in [9.17, 15) is 4.79 Å². The molecule has 7 heteroatoms. The van der Waals surface area contributed by atoms with E-state index >= 15 is 0 Å². The van der Waals surface area contributed by atoms with Gasteiger partial charge in [0.05, 0.1) is 25.3 Å². The number of carbonyl (C=O) groups is 1. The summed E-state index contributed by atoms with van der Waals surface area (Å²) in [5.74, 6) is 2.64. The van der Waals surface area contributed by atoms with Crippen LogP contribution in [0.4, 0.5) is 5.82 Å². The van der Waals surface area contributed by atoms with Crippen molar-refractivity contribution in [2.45, 2.75) is 27.3 Å². The van der Waals surface area contributed by atoms with Crippen LogP contribution < -0.4 is 10.2 Å². The van der Waals surface area contributed by atoms with Gasteiger partial charge in [-0.3, -0.25) is 4.79 Å². The van der Waals surface area contributed by atoms with E-state index in [0.717, 1.165) is 30.4 Å². The van der Waals surface area contributed by atoms with Gasteiger partial charge in [0.1, 0.15) is 23.2 Å². The highest BCUT2D eigenvalue weighted by molar-refractivity contribution is 5.95. The van der Waals surface area contributed by atoms with Crippen molar-refractivity contribution >= 4 is 11.7 Å². The maximum absolute atomic E-state index is 12.3. The first-order chi connectivity index (χ1) is 11.5. The number of amides is 1. The molecule has 0 spiro atoms. The topological polar surface area (TPSA) is 80.5 Å². The van der Waals surface area contributed by atoms with E-state index in [1.807, 2.05) is 19.9 Å².